The minimum Gasteiger partial charge on any atom is -0.512 e. The first-order valence-electron chi connectivity index (χ1n) is 16.4. The fraction of sp³-hybridized carbons (Fsp3) is 0.136. The molecule has 2 N–H and O–H groups in total. The number of carbonyl (C=O) groups excluding carboxylic acids is 2. The molecular formula is C44H42Ir2N4O4-2. The summed E-state index contributed by atoms with van der Waals surface area (Å²) in [5, 5.41) is 16.7. The number of aliphatic hydroxyl groups is 2. The number of allylic oxidation sites excluding steroid dienone is 4. The molecule has 6 rings (SSSR count). The third-order valence-electron chi connectivity index (χ3n) is 6.90. The molecule has 4 aromatic carbocycles. The Labute approximate surface area is 344 Å². The zero-order chi connectivity index (χ0) is 37.9. The number of ketones is 2. The molecule has 0 aliphatic rings. The Kier molecular flexibility index (Phi) is 21.6. The van der Waals surface area contributed by atoms with E-state index in [1.54, 1.807) is 0 Å². The van der Waals surface area contributed by atoms with Crippen LogP contribution in [0.5, 0.6) is 0 Å². The Morgan fingerprint density at radius 1 is 0.519 bits per heavy atom. The Bertz CT molecular complexity index is 1960. The van der Waals surface area contributed by atoms with Gasteiger partial charge in [-0.25, -0.2) is 0 Å². The molecule has 0 amide bonds. The smallest absolute Gasteiger partial charge is 0.155 e. The largest absolute Gasteiger partial charge is 0.512 e. The van der Waals surface area contributed by atoms with Gasteiger partial charge in [0.25, 0.3) is 0 Å². The van der Waals surface area contributed by atoms with Crippen LogP contribution in [-0.2, 0) is 49.8 Å². The van der Waals surface area contributed by atoms with Crippen molar-refractivity contribution in [3.63, 3.8) is 0 Å². The second-order valence-corrected chi connectivity index (χ2v) is 11.6. The molecule has 0 aliphatic carbocycles. The van der Waals surface area contributed by atoms with Gasteiger partial charge in [0.05, 0.1) is 23.2 Å². The van der Waals surface area contributed by atoms with Crippen LogP contribution in [0, 0.1) is 26.0 Å². The topological polar surface area (TPSA) is 126 Å². The molecule has 10 heteroatoms. The van der Waals surface area contributed by atoms with Crippen molar-refractivity contribution in [3.8, 4) is 45.0 Å². The molecule has 6 aromatic rings. The zero-order valence-corrected chi connectivity index (χ0v) is 35.7. The van der Waals surface area contributed by atoms with Gasteiger partial charge in [0, 0.05) is 88.3 Å². The van der Waals surface area contributed by atoms with Gasteiger partial charge in [-0.1, -0.05) is 48.5 Å². The third-order valence-corrected chi connectivity index (χ3v) is 6.90. The van der Waals surface area contributed by atoms with Crippen molar-refractivity contribution < 1.29 is 60.0 Å². The number of hydrogen-bond acceptors (Lipinski definition) is 8. The van der Waals surface area contributed by atoms with E-state index in [1.165, 1.54) is 56.5 Å². The zero-order valence-electron chi connectivity index (χ0n) is 30.9. The first-order chi connectivity index (χ1) is 24.9. The molecule has 2 radical (unpaired) electrons. The Balaban J connectivity index is 0.000000394. The van der Waals surface area contributed by atoms with Gasteiger partial charge in [-0.15, -0.1) is 71.8 Å². The molecule has 54 heavy (non-hydrogen) atoms. The van der Waals surface area contributed by atoms with E-state index >= 15 is 0 Å². The summed E-state index contributed by atoms with van der Waals surface area (Å²) in [5.41, 5.74) is 8.74. The van der Waals surface area contributed by atoms with Crippen molar-refractivity contribution in [2.45, 2.75) is 41.5 Å². The van der Waals surface area contributed by atoms with E-state index in [9.17, 15) is 9.59 Å². The van der Waals surface area contributed by atoms with Gasteiger partial charge in [-0.3, -0.25) is 29.5 Å². The number of carbonyl (C=O) groups is 2. The second-order valence-electron chi connectivity index (χ2n) is 11.6. The average molecular weight is 1080 g/mol. The van der Waals surface area contributed by atoms with Gasteiger partial charge >= 0.3 is 0 Å². The summed E-state index contributed by atoms with van der Waals surface area (Å²) in [4.78, 5) is 37.7. The van der Waals surface area contributed by atoms with E-state index in [0.717, 1.165) is 27.8 Å². The van der Waals surface area contributed by atoms with Crippen molar-refractivity contribution >= 4 is 11.6 Å². The Morgan fingerprint density at radius 2 is 0.907 bits per heavy atom. The maximum Gasteiger partial charge on any atom is 0.155 e. The number of aromatic nitrogens is 4. The van der Waals surface area contributed by atoms with Gasteiger partial charge in [0.15, 0.2) is 11.6 Å². The third kappa shape index (κ3) is 16.6. The average Bonchev–Trinajstić information content (AvgIpc) is 3.13. The normalized spacial score (nSPS) is 10.3. The Hall–Kier alpha value is -5.24. The van der Waals surface area contributed by atoms with Crippen LogP contribution in [0.3, 0.4) is 0 Å². The van der Waals surface area contributed by atoms with Crippen LogP contribution in [-0.4, -0.2) is 41.7 Å². The first kappa shape index (κ1) is 46.8. The van der Waals surface area contributed by atoms with Crippen LogP contribution in [0.15, 0.2) is 146 Å². The molecule has 0 spiro atoms. The minimum atomic E-state index is -0.125. The Morgan fingerprint density at radius 3 is 1.24 bits per heavy atom. The van der Waals surface area contributed by atoms with Crippen LogP contribution in [0.1, 0.15) is 38.8 Å². The van der Waals surface area contributed by atoms with E-state index in [1.807, 2.05) is 104 Å². The van der Waals surface area contributed by atoms with Crippen LogP contribution < -0.4 is 0 Å². The predicted octanol–water partition coefficient (Wildman–Crippen LogP) is 9.91. The molecular weight excluding hydrogens is 1030 g/mol. The van der Waals surface area contributed by atoms with Crippen LogP contribution in [0.2, 0.25) is 0 Å². The summed E-state index contributed by atoms with van der Waals surface area (Å²) in [7, 11) is 0. The molecule has 0 bridgehead atoms. The summed E-state index contributed by atoms with van der Waals surface area (Å²) in [5.74, 6) is 1.29. The van der Waals surface area contributed by atoms with Crippen LogP contribution in [0.4, 0.5) is 0 Å². The van der Waals surface area contributed by atoms with Gasteiger partial charge in [-0.2, -0.15) is 0 Å². The van der Waals surface area contributed by atoms with Crippen molar-refractivity contribution in [1.82, 2.24) is 19.9 Å². The maximum absolute atomic E-state index is 10.0. The van der Waals surface area contributed by atoms with Gasteiger partial charge in [0.1, 0.15) is 0 Å². The fourth-order valence-electron chi connectivity index (χ4n) is 4.77. The summed E-state index contributed by atoms with van der Waals surface area (Å²) < 4.78 is 0. The molecule has 0 aliphatic heterocycles. The fourth-order valence-corrected chi connectivity index (χ4v) is 4.77. The van der Waals surface area contributed by atoms with Crippen LogP contribution in [0.25, 0.3) is 45.0 Å². The first-order valence-corrected chi connectivity index (χ1v) is 16.4. The standard InChI is InChI=1S/C18H15N2.C16H11N2.2C5H8O2.2Ir/c1-13-7-6-8-14(2)17(13)16-11-19-18(20-12-16)15-9-4-3-5-10-15;1-3-7-13(8-4-1)15-11-17-16(18-12-15)14-9-5-2-6-10-14;2*1-4(6)3-5(2)7;;/h3-9,11-12H,1-2H3;1-9,11-12H;2*3,6H,1-2H3;;/q2*-1;;;;. The van der Waals surface area contributed by atoms with Crippen molar-refractivity contribution in [2.75, 3.05) is 0 Å². The number of nitrogens with zero attached hydrogens (tertiary/aromatic N) is 4. The summed E-state index contributed by atoms with van der Waals surface area (Å²) in [6.07, 6.45) is 9.80. The predicted molar refractivity (Wildman–Crippen MR) is 207 cm³/mol. The maximum atomic E-state index is 10.0. The number of aryl methyl sites for hydroxylation is 2. The quantitative estimate of drug-likeness (QED) is 0.0960. The summed E-state index contributed by atoms with van der Waals surface area (Å²) in [6.45, 7) is 9.92. The van der Waals surface area contributed by atoms with Crippen molar-refractivity contribution in [2.24, 2.45) is 0 Å². The van der Waals surface area contributed by atoms with Crippen molar-refractivity contribution in [3.05, 3.63) is 169 Å². The molecule has 2 heterocycles. The molecule has 2 aromatic heterocycles. The van der Waals surface area contributed by atoms with E-state index in [4.69, 9.17) is 10.2 Å². The summed E-state index contributed by atoms with van der Waals surface area (Å²) in [6, 6.07) is 38.1. The molecule has 0 atom stereocenters. The van der Waals surface area contributed by atoms with Gasteiger partial charge < -0.3 is 10.2 Å². The monoisotopic (exact) mass is 1080 g/mol. The number of rotatable bonds is 6. The van der Waals surface area contributed by atoms with Gasteiger partial charge in [0.2, 0.25) is 0 Å². The molecule has 0 saturated carbocycles. The molecule has 8 nitrogen and oxygen atoms in total. The van der Waals surface area contributed by atoms with E-state index < -0.39 is 0 Å². The molecule has 0 saturated heterocycles. The number of hydrogen-bond donors (Lipinski definition) is 2. The van der Waals surface area contributed by atoms with E-state index in [0.29, 0.717) is 11.6 Å². The SMILES string of the molecule is CC(=O)C=C(C)O.CC(=O)C=C(C)O.Cc1cccc(C)c1-c1cnc(-c2[c-]cccc2)nc1.[Ir].[Ir].[c-]1ccccc1-c1ncc(-c2ccccc2)cn1. The van der Waals surface area contributed by atoms with Crippen molar-refractivity contribution in [1.29, 1.82) is 0 Å². The van der Waals surface area contributed by atoms with E-state index in [-0.39, 0.29) is 63.3 Å². The van der Waals surface area contributed by atoms with E-state index in [2.05, 4.69) is 64.1 Å². The number of aliphatic hydroxyl groups excluding tert-OH is 2. The van der Waals surface area contributed by atoms with Gasteiger partial charge in [-0.05, 0) is 63.8 Å². The molecule has 0 fully saturated rings. The summed E-state index contributed by atoms with van der Waals surface area (Å²) >= 11 is 0. The second kappa shape index (κ2) is 24.9. The minimum absolute atomic E-state index is 0. The molecule has 282 valence electrons. The molecule has 0 unspecified atom stereocenters. The van der Waals surface area contributed by atoms with Crippen LogP contribution >= 0.6 is 0 Å². The number of benzene rings is 4.